The number of nitrogens with one attached hydrogen (secondary N) is 2. The SMILES string of the molecule is CC1OC(c2c(-[n+]3cccc(CNSc4cccc5c(N(C)C)cccc45)c3)ccc(O)c2O)=NC1C(=O)N(O)CC/C(=C/N)NN. The summed E-state index contributed by atoms with van der Waals surface area (Å²) in [5, 5.41) is 34.6. The Hall–Kier alpha value is -5.02. The molecule has 0 spiro atoms. The molecule has 5 rings (SSSR count). The number of fused-ring (bicyclic) bond motifs is 1. The zero-order valence-corrected chi connectivity index (χ0v) is 27.1. The molecule has 0 radical (unpaired) electrons. The number of ether oxygens (including phenoxy) is 1. The molecular weight excluding hydrogens is 620 g/mol. The first kappa shape index (κ1) is 33.3. The maximum atomic E-state index is 13.1. The van der Waals surface area contributed by atoms with Crippen molar-refractivity contribution in [1.82, 2.24) is 15.2 Å². The number of carbonyl (C=O) groups is 1. The summed E-state index contributed by atoms with van der Waals surface area (Å²) in [5.41, 5.74) is 11.0. The van der Waals surface area contributed by atoms with Crippen LogP contribution in [0.25, 0.3) is 16.5 Å². The van der Waals surface area contributed by atoms with Gasteiger partial charge in [-0.15, -0.1) is 0 Å². The molecule has 2 unspecified atom stereocenters. The Bertz CT molecular complexity index is 1830. The maximum absolute atomic E-state index is 13.1. The molecule has 2 heterocycles. The van der Waals surface area contributed by atoms with Gasteiger partial charge in [0, 0.05) is 72.6 Å². The van der Waals surface area contributed by atoms with Gasteiger partial charge >= 0.3 is 0 Å². The number of nitrogens with zero attached hydrogens (tertiary/aromatic N) is 4. The van der Waals surface area contributed by atoms with Crippen LogP contribution < -0.4 is 31.2 Å². The Morgan fingerprint density at radius 3 is 2.62 bits per heavy atom. The number of aromatic nitrogens is 1. The largest absolute Gasteiger partial charge is 0.504 e. The van der Waals surface area contributed by atoms with E-state index in [-0.39, 0.29) is 30.2 Å². The van der Waals surface area contributed by atoms with Crippen molar-refractivity contribution < 1.29 is 29.5 Å². The summed E-state index contributed by atoms with van der Waals surface area (Å²) in [6, 6.07) is 18.3. The Labute approximate surface area is 276 Å². The molecule has 9 N–H and O–H groups in total. The van der Waals surface area contributed by atoms with E-state index in [1.165, 1.54) is 17.7 Å². The minimum Gasteiger partial charge on any atom is -0.504 e. The number of carbonyl (C=O) groups excluding carboxylic acids is 1. The van der Waals surface area contributed by atoms with Crippen molar-refractivity contribution in [3.05, 3.63) is 96.1 Å². The molecule has 1 aromatic heterocycles. The number of phenols is 2. The van der Waals surface area contributed by atoms with Crippen LogP contribution in [0.1, 0.15) is 24.5 Å². The zero-order valence-electron chi connectivity index (χ0n) is 26.3. The molecule has 0 saturated carbocycles. The molecule has 13 nitrogen and oxygen atoms in total. The van der Waals surface area contributed by atoms with Gasteiger partial charge in [0.1, 0.15) is 6.10 Å². The van der Waals surface area contributed by atoms with Gasteiger partial charge in [0.25, 0.3) is 5.91 Å². The second-order valence-corrected chi connectivity index (χ2v) is 12.1. The summed E-state index contributed by atoms with van der Waals surface area (Å²) in [5.74, 6) is 3.80. The monoisotopic (exact) mass is 659 g/mol. The van der Waals surface area contributed by atoms with Crippen LogP contribution in [0, 0.1) is 0 Å². The minimum atomic E-state index is -1.10. The molecule has 1 aliphatic rings. The molecule has 0 fully saturated rings. The third kappa shape index (κ3) is 7.20. The number of pyridine rings is 1. The van der Waals surface area contributed by atoms with Crippen molar-refractivity contribution in [2.45, 2.75) is 36.9 Å². The molecule has 0 aliphatic carbocycles. The van der Waals surface area contributed by atoms with Gasteiger partial charge in [-0.25, -0.2) is 10.1 Å². The van der Waals surface area contributed by atoms with Gasteiger partial charge in [0.15, 0.2) is 35.5 Å². The zero-order chi connectivity index (χ0) is 33.7. The number of hydrazine groups is 1. The minimum absolute atomic E-state index is 0.0431. The van der Waals surface area contributed by atoms with Gasteiger partial charge in [-0.3, -0.25) is 20.6 Å². The Kier molecular flexibility index (Phi) is 10.4. The smallest absolute Gasteiger partial charge is 0.274 e. The molecular formula is C33H39N8O5S+. The second-order valence-electron chi connectivity index (χ2n) is 11.1. The van der Waals surface area contributed by atoms with Crippen LogP contribution in [0.5, 0.6) is 11.5 Å². The number of hydrogen-bond acceptors (Lipinski definition) is 12. The quantitative estimate of drug-likeness (QED) is 0.0296. The summed E-state index contributed by atoms with van der Waals surface area (Å²) < 4.78 is 11.2. The van der Waals surface area contributed by atoms with Crippen molar-refractivity contribution >= 4 is 40.2 Å². The van der Waals surface area contributed by atoms with Gasteiger partial charge < -0.3 is 31.0 Å². The van der Waals surface area contributed by atoms with Crippen molar-refractivity contribution in [2.24, 2.45) is 16.6 Å². The Balaban J connectivity index is 1.36. The van der Waals surface area contributed by atoms with E-state index in [0.717, 1.165) is 21.5 Å². The van der Waals surface area contributed by atoms with Crippen LogP contribution >= 0.6 is 11.9 Å². The van der Waals surface area contributed by atoms with Crippen LogP contribution in [-0.2, 0) is 16.1 Å². The van der Waals surface area contributed by atoms with Crippen LogP contribution in [0.4, 0.5) is 5.69 Å². The lowest BCUT2D eigenvalue weighted by Crippen LogP contribution is -2.41. The van der Waals surface area contributed by atoms with E-state index in [1.807, 2.05) is 38.5 Å². The third-order valence-corrected chi connectivity index (χ3v) is 8.64. The normalized spacial score (nSPS) is 16.1. The Morgan fingerprint density at radius 2 is 1.87 bits per heavy atom. The fraction of sp³-hybridized carbons (Fsp3) is 0.242. The molecule has 3 aromatic carbocycles. The first-order valence-corrected chi connectivity index (χ1v) is 15.7. The van der Waals surface area contributed by atoms with Gasteiger partial charge in [-0.1, -0.05) is 24.3 Å². The molecule has 1 amide bonds. The van der Waals surface area contributed by atoms with E-state index in [1.54, 1.807) is 35.7 Å². The number of anilines is 1. The van der Waals surface area contributed by atoms with Gasteiger partial charge in [-0.05, 0) is 48.5 Å². The molecule has 0 saturated heterocycles. The fourth-order valence-corrected chi connectivity index (χ4v) is 6.12. The molecule has 246 valence electrons. The summed E-state index contributed by atoms with van der Waals surface area (Å²) in [4.78, 5) is 20.7. The van der Waals surface area contributed by atoms with Crippen LogP contribution in [-0.4, -0.2) is 65.1 Å². The molecule has 1 aliphatic heterocycles. The highest BCUT2D eigenvalue weighted by molar-refractivity contribution is 7.97. The van der Waals surface area contributed by atoms with Crippen LogP contribution in [0.3, 0.4) is 0 Å². The molecule has 14 heteroatoms. The van der Waals surface area contributed by atoms with Crippen molar-refractivity contribution in [1.29, 1.82) is 0 Å². The summed E-state index contributed by atoms with van der Waals surface area (Å²) >= 11 is 1.54. The van der Waals surface area contributed by atoms with E-state index < -0.39 is 23.8 Å². The Morgan fingerprint density at radius 1 is 1.11 bits per heavy atom. The summed E-state index contributed by atoms with van der Waals surface area (Å²) in [6.07, 6.45) is 4.35. The van der Waals surface area contributed by atoms with E-state index in [2.05, 4.69) is 50.4 Å². The highest BCUT2D eigenvalue weighted by Crippen LogP contribution is 2.35. The number of hydroxylamine groups is 2. The van der Waals surface area contributed by atoms with Crippen LogP contribution in [0.15, 0.2) is 94.8 Å². The number of aliphatic imine (C=N–C) groups is 1. The number of hydrogen-bond donors (Lipinski definition) is 7. The number of benzene rings is 3. The molecule has 0 bridgehead atoms. The van der Waals surface area contributed by atoms with Gasteiger partial charge in [-0.2, -0.15) is 4.57 Å². The van der Waals surface area contributed by atoms with Crippen LogP contribution in [0.2, 0.25) is 0 Å². The third-order valence-electron chi connectivity index (χ3n) is 7.77. The van der Waals surface area contributed by atoms with Gasteiger partial charge in [0.05, 0.1) is 6.54 Å². The first-order valence-electron chi connectivity index (χ1n) is 14.9. The average molecular weight is 660 g/mol. The number of phenolic OH excluding ortho intramolecular Hbond substituents is 2. The molecule has 2 atom stereocenters. The fourth-order valence-electron chi connectivity index (χ4n) is 5.29. The maximum Gasteiger partial charge on any atom is 0.274 e. The van der Waals surface area contributed by atoms with Crippen molar-refractivity contribution in [3.63, 3.8) is 0 Å². The number of aromatic hydroxyl groups is 2. The molecule has 4 aromatic rings. The topological polar surface area (TPSA) is 186 Å². The van der Waals surface area contributed by atoms with E-state index in [0.29, 0.717) is 23.0 Å². The second kappa shape index (κ2) is 14.6. The number of amides is 1. The average Bonchev–Trinajstić information content (AvgIpc) is 3.46. The van der Waals surface area contributed by atoms with E-state index >= 15 is 0 Å². The lowest BCUT2D eigenvalue weighted by Gasteiger charge is -2.19. The molecule has 47 heavy (non-hydrogen) atoms. The van der Waals surface area contributed by atoms with Crippen molar-refractivity contribution in [2.75, 3.05) is 25.5 Å². The lowest BCUT2D eigenvalue weighted by molar-refractivity contribution is -0.596. The number of rotatable bonds is 12. The van der Waals surface area contributed by atoms with E-state index in [9.17, 15) is 20.2 Å². The highest BCUT2D eigenvalue weighted by atomic mass is 32.2. The summed E-state index contributed by atoms with van der Waals surface area (Å²) in [7, 11) is 4.06. The highest BCUT2D eigenvalue weighted by Gasteiger charge is 2.39. The number of nitrogens with two attached hydrogens (primary N) is 2. The van der Waals surface area contributed by atoms with Crippen molar-refractivity contribution in [3.8, 4) is 17.2 Å². The predicted molar refractivity (Wildman–Crippen MR) is 181 cm³/mol. The first-order chi connectivity index (χ1) is 22.6. The summed E-state index contributed by atoms with van der Waals surface area (Å²) in [6.45, 7) is 2.07. The van der Waals surface area contributed by atoms with E-state index in [4.69, 9.17) is 16.3 Å². The standard InChI is InChI=1S/C33H38N8O5S/c1-20-30(33(44)41(45)16-14-22(17-34)38-35)37-32(46-20)29-26(12-13-27(42)31(29)43)40-15-6-7-21(19-40)18-36-47-28-11-5-8-23-24(28)9-4-10-25(23)39(2)3/h4-13,15,17,19-20,30,36,38,45H,14,16,18,34-35H2,1-3H3,(H-,37,42,43)/p+1/b22-17-. The predicted octanol–water partition coefficient (Wildman–Crippen LogP) is 2.80. The lowest BCUT2D eigenvalue weighted by atomic mass is 10.1. The van der Waals surface area contributed by atoms with Gasteiger partial charge in [0.2, 0.25) is 11.6 Å².